The molecule has 1 aromatic heterocycles. The molecular formula is C6H3F3N. The van der Waals surface area contributed by atoms with Gasteiger partial charge in [0.1, 0.15) is 0 Å². The molecule has 0 aliphatic carbocycles. The molecule has 0 saturated carbocycles. The van der Waals surface area contributed by atoms with Crippen molar-refractivity contribution in [2.45, 2.75) is 6.18 Å². The van der Waals surface area contributed by atoms with Gasteiger partial charge >= 0.3 is 6.18 Å². The Balaban J connectivity index is 2.97. The van der Waals surface area contributed by atoms with E-state index in [0.717, 1.165) is 18.3 Å². The second kappa shape index (κ2) is 2.28. The van der Waals surface area contributed by atoms with Gasteiger partial charge in [0.15, 0.2) is 0 Å². The molecule has 0 saturated heterocycles. The van der Waals surface area contributed by atoms with Gasteiger partial charge in [-0.15, -0.1) is 0 Å². The quantitative estimate of drug-likeness (QED) is 0.544. The van der Waals surface area contributed by atoms with Crippen molar-refractivity contribution in [2.24, 2.45) is 0 Å². The lowest BCUT2D eigenvalue weighted by atomic mass is 10.3. The lowest BCUT2D eigenvalue weighted by Gasteiger charge is -2.03. The zero-order valence-corrected chi connectivity index (χ0v) is 4.81. The van der Waals surface area contributed by atoms with Crippen LogP contribution in [-0.2, 0) is 6.18 Å². The molecule has 0 fully saturated rings. The van der Waals surface area contributed by atoms with Crippen LogP contribution in [0.5, 0.6) is 0 Å². The molecule has 0 aliphatic rings. The summed E-state index contributed by atoms with van der Waals surface area (Å²) in [6, 6.07) is 1.70. The summed E-state index contributed by atoms with van der Waals surface area (Å²) in [5.74, 6) is 0. The van der Waals surface area contributed by atoms with Crippen molar-refractivity contribution in [1.29, 1.82) is 0 Å². The standard InChI is InChI=1S/C6H3F3N/c7-6(8,9)5-1-3-10-4-2-5/h1-3H. The van der Waals surface area contributed by atoms with Crippen molar-refractivity contribution in [2.75, 3.05) is 0 Å². The molecule has 1 aromatic rings. The predicted octanol–water partition coefficient (Wildman–Crippen LogP) is 1.90. The van der Waals surface area contributed by atoms with Crippen LogP contribution in [0.15, 0.2) is 18.3 Å². The average molecular weight is 146 g/mol. The molecule has 53 valence electrons. The Labute approximate surface area is 55.5 Å². The number of pyridine rings is 1. The first kappa shape index (κ1) is 7.05. The van der Waals surface area contributed by atoms with Crippen molar-refractivity contribution in [3.05, 3.63) is 30.1 Å². The smallest absolute Gasteiger partial charge is 0.255 e. The topological polar surface area (TPSA) is 12.9 Å². The number of halogens is 3. The molecule has 1 nitrogen and oxygen atoms in total. The van der Waals surface area contributed by atoms with Gasteiger partial charge in [0, 0.05) is 6.20 Å². The van der Waals surface area contributed by atoms with Crippen LogP contribution in [0.1, 0.15) is 5.56 Å². The predicted molar refractivity (Wildman–Crippen MR) is 28.1 cm³/mol. The molecule has 0 aromatic carbocycles. The Bertz CT molecular complexity index is 204. The van der Waals surface area contributed by atoms with E-state index in [1.165, 1.54) is 0 Å². The molecule has 4 heteroatoms. The third kappa shape index (κ3) is 1.46. The van der Waals surface area contributed by atoms with Crippen LogP contribution in [0.3, 0.4) is 0 Å². The summed E-state index contributed by atoms with van der Waals surface area (Å²) >= 11 is 0. The molecule has 0 N–H and O–H groups in total. The van der Waals surface area contributed by atoms with Crippen molar-refractivity contribution < 1.29 is 13.2 Å². The van der Waals surface area contributed by atoms with Crippen LogP contribution in [0.2, 0.25) is 0 Å². The van der Waals surface area contributed by atoms with Gasteiger partial charge in [-0.1, -0.05) is 0 Å². The van der Waals surface area contributed by atoms with E-state index < -0.39 is 11.7 Å². The van der Waals surface area contributed by atoms with Gasteiger partial charge in [-0.3, -0.25) is 4.98 Å². The largest absolute Gasteiger partial charge is 0.416 e. The van der Waals surface area contributed by atoms with Crippen molar-refractivity contribution in [1.82, 2.24) is 4.98 Å². The normalized spacial score (nSPS) is 11.5. The van der Waals surface area contributed by atoms with Crippen LogP contribution >= 0.6 is 0 Å². The summed E-state index contributed by atoms with van der Waals surface area (Å²) in [6.45, 7) is 0. The van der Waals surface area contributed by atoms with Gasteiger partial charge in [-0.2, -0.15) is 13.2 Å². The summed E-state index contributed by atoms with van der Waals surface area (Å²) < 4.78 is 35.2. The van der Waals surface area contributed by atoms with E-state index >= 15 is 0 Å². The second-order valence-electron chi connectivity index (χ2n) is 1.67. The van der Waals surface area contributed by atoms with E-state index in [2.05, 4.69) is 11.2 Å². The van der Waals surface area contributed by atoms with Crippen LogP contribution < -0.4 is 0 Å². The Kier molecular flexibility index (Phi) is 1.61. The molecule has 0 spiro atoms. The highest BCUT2D eigenvalue weighted by Gasteiger charge is 2.29. The fourth-order valence-corrected chi connectivity index (χ4v) is 0.492. The second-order valence-corrected chi connectivity index (χ2v) is 1.67. The summed E-state index contributed by atoms with van der Waals surface area (Å²) in [6.07, 6.45) is -1.12. The molecule has 0 aliphatic heterocycles. The van der Waals surface area contributed by atoms with Crippen molar-refractivity contribution >= 4 is 0 Å². The lowest BCUT2D eigenvalue weighted by Crippen LogP contribution is -2.03. The summed E-state index contributed by atoms with van der Waals surface area (Å²) in [5, 5.41) is 0. The number of hydrogen-bond donors (Lipinski definition) is 0. The minimum absolute atomic E-state index is 0.720. The third-order valence-electron chi connectivity index (χ3n) is 0.951. The zero-order valence-electron chi connectivity index (χ0n) is 4.81. The number of hydrogen-bond acceptors (Lipinski definition) is 1. The fourth-order valence-electron chi connectivity index (χ4n) is 0.492. The van der Waals surface area contributed by atoms with Crippen LogP contribution in [0.4, 0.5) is 13.2 Å². The maximum atomic E-state index is 11.7. The fraction of sp³-hybridized carbons (Fsp3) is 0.167. The Hall–Kier alpha value is -1.06. The van der Waals surface area contributed by atoms with E-state index in [4.69, 9.17) is 0 Å². The van der Waals surface area contributed by atoms with Gasteiger partial charge in [-0.25, -0.2) is 0 Å². The lowest BCUT2D eigenvalue weighted by molar-refractivity contribution is -0.137. The monoisotopic (exact) mass is 146 g/mol. The first-order chi connectivity index (χ1) is 4.61. The van der Waals surface area contributed by atoms with Crippen LogP contribution in [0, 0.1) is 6.20 Å². The van der Waals surface area contributed by atoms with E-state index in [1.807, 2.05) is 0 Å². The molecule has 0 bridgehead atoms. The highest BCUT2D eigenvalue weighted by Crippen LogP contribution is 2.27. The van der Waals surface area contributed by atoms with E-state index in [0.29, 0.717) is 0 Å². The maximum Gasteiger partial charge on any atom is 0.416 e. The van der Waals surface area contributed by atoms with Gasteiger partial charge in [0.25, 0.3) is 0 Å². The molecule has 10 heavy (non-hydrogen) atoms. The Morgan fingerprint density at radius 1 is 1.40 bits per heavy atom. The molecule has 0 amide bonds. The number of nitrogens with zero attached hydrogens (tertiary/aromatic N) is 1. The minimum Gasteiger partial charge on any atom is -0.255 e. The van der Waals surface area contributed by atoms with Crippen LogP contribution in [-0.4, -0.2) is 4.98 Å². The number of alkyl halides is 3. The summed E-state index contributed by atoms with van der Waals surface area (Å²) in [5.41, 5.74) is -0.720. The highest BCUT2D eigenvalue weighted by atomic mass is 19.4. The minimum atomic E-state index is -4.28. The van der Waals surface area contributed by atoms with Gasteiger partial charge in [-0.05, 0) is 12.1 Å². The SMILES string of the molecule is FC(F)(F)c1c[c]ncc1. The molecular weight excluding hydrogens is 143 g/mol. The van der Waals surface area contributed by atoms with E-state index in [-0.39, 0.29) is 0 Å². The number of aromatic nitrogens is 1. The first-order valence-electron chi connectivity index (χ1n) is 2.50. The molecule has 0 unspecified atom stereocenters. The van der Waals surface area contributed by atoms with E-state index in [1.54, 1.807) is 0 Å². The molecule has 0 atom stereocenters. The highest BCUT2D eigenvalue weighted by molar-refractivity contribution is 5.12. The van der Waals surface area contributed by atoms with Gasteiger partial charge < -0.3 is 0 Å². The van der Waals surface area contributed by atoms with Gasteiger partial charge in [0.2, 0.25) is 0 Å². The van der Waals surface area contributed by atoms with Crippen molar-refractivity contribution in [3.63, 3.8) is 0 Å². The summed E-state index contributed by atoms with van der Waals surface area (Å²) in [7, 11) is 0. The number of rotatable bonds is 0. The van der Waals surface area contributed by atoms with Crippen LogP contribution in [0.25, 0.3) is 0 Å². The van der Waals surface area contributed by atoms with Crippen molar-refractivity contribution in [3.8, 4) is 0 Å². The Morgan fingerprint density at radius 3 is 2.40 bits per heavy atom. The first-order valence-corrected chi connectivity index (χ1v) is 2.50. The molecule has 1 heterocycles. The Morgan fingerprint density at radius 2 is 2.10 bits per heavy atom. The van der Waals surface area contributed by atoms with E-state index in [9.17, 15) is 13.2 Å². The summed E-state index contributed by atoms with van der Waals surface area (Å²) in [4.78, 5) is 3.33. The average Bonchev–Trinajstić information content (AvgIpc) is 1.88. The zero-order chi connectivity index (χ0) is 7.61. The molecule has 1 rings (SSSR count). The third-order valence-corrected chi connectivity index (χ3v) is 0.951. The maximum absolute atomic E-state index is 11.7. The molecule has 1 radical (unpaired) electrons. The van der Waals surface area contributed by atoms with Gasteiger partial charge in [0.05, 0.1) is 11.8 Å².